The number of aromatic nitrogens is 3. The molecule has 0 bridgehead atoms. The smallest absolute Gasteiger partial charge is 0.262 e. The number of nitrogens with one attached hydrogen (secondary N) is 1. The van der Waals surface area contributed by atoms with Gasteiger partial charge in [0.1, 0.15) is 27.9 Å². The largest absolute Gasteiger partial charge is 0.313 e. The molecule has 3 aromatic heterocycles. The van der Waals surface area contributed by atoms with Gasteiger partial charge in [0.2, 0.25) is 0 Å². The van der Waals surface area contributed by atoms with Crippen LogP contribution in [0.15, 0.2) is 54.6 Å². The number of amides is 1. The Morgan fingerprint density at radius 3 is 2.68 bits per heavy atom. The van der Waals surface area contributed by atoms with E-state index in [4.69, 9.17) is 0 Å². The van der Waals surface area contributed by atoms with Crippen LogP contribution in [0, 0.1) is 11.6 Å². The standard InChI is InChI=1S/C19H12F2N4OS2/c1-2-25-14(10-13(24-25)19-22-8-9-27-19)15-6-7-16(28-15)23-18(26)17-11(20)4-3-5-12(17)21/h2-10H,1H2,(H,23,26). The van der Waals surface area contributed by atoms with Gasteiger partial charge in [-0.25, -0.2) is 18.4 Å². The lowest BCUT2D eigenvalue weighted by Crippen LogP contribution is -2.14. The molecule has 1 amide bonds. The third-order valence-corrected chi connectivity index (χ3v) is 5.66. The Morgan fingerprint density at radius 2 is 2.00 bits per heavy atom. The molecule has 0 saturated heterocycles. The van der Waals surface area contributed by atoms with Crippen molar-refractivity contribution in [1.29, 1.82) is 0 Å². The molecule has 0 aliphatic heterocycles. The zero-order valence-corrected chi connectivity index (χ0v) is 15.9. The molecule has 28 heavy (non-hydrogen) atoms. The van der Waals surface area contributed by atoms with E-state index in [1.165, 1.54) is 28.7 Å². The molecule has 0 spiro atoms. The van der Waals surface area contributed by atoms with Gasteiger partial charge in [0.05, 0.1) is 15.6 Å². The number of benzene rings is 1. The van der Waals surface area contributed by atoms with Gasteiger partial charge in [0.25, 0.3) is 5.91 Å². The number of thiazole rings is 1. The van der Waals surface area contributed by atoms with Crippen LogP contribution in [0.3, 0.4) is 0 Å². The van der Waals surface area contributed by atoms with E-state index < -0.39 is 23.1 Å². The molecule has 0 unspecified atom stereocenters. The average molecular weight is 414 g/mol. The molecule has 0 aliphatic rings. The number of thiophene rings is 1. The van der Waals surface area contributed by atoms with E-state index in [0.717, 1.165) is 27.7 Å². The van der Waals surface area contributed by atoms with Gasteiger partial charge in [-0.3, -0.25) is 4.79 Å². The number of hydrogen-bond donors (Lipinski definition) is 1. The second-order valence-corrected chi connectivity index (χ2v) is 7.57. The lowest BCUT2D eigenvalue weighted by Gasteiger charge is -2.05. The Morgan fingerprint density at radius 1 is 1.21 bits per heavy atom. The molecule has 4 aromatic rings. The van der Waals surface area contributed by atoms with Crippen LogP contribution in [0.4, 0.5) is 13.8 Å². The summed E-state index contributed by atoms with van der Waals surface area (Å²) in [5, 5.41) is 10.1. The van der Waals surface area contributed by atoms with Crippen LogP contribution in [0.1, 0.15) is 10.4 Å². The molecule has 9 heteroatoms. The zero-order chi connectivity index (χ0) is 19.7. The quantitative estimate of drug-likeness (QED) is 0.478. The number of anilines is 1. The van der Waals surface area contributed by atoms with Crippen LogP contribution in [0.25, 0.3) is 27.5 Å². The Labute approximate surface area is 166 Å². The van der Waals surface area contributed by atoms with Crippen LogP contribution in [0.2, 0.25) is 0 Å². The number of halogens is 2. The Hall–Kier alpha value is -3.17. The molecule has 0 fully saturated rings. The van der Waals surface area contributed by atoms with Crippen molar-refractivity contribution in [3.63, 3.8) is 0 Å². The van der Waals surface area contributed by atoms with E-state index in [0.29, 0.717) is 10.7 Å². The Bertz CT molecular complexity index is 1140. The molecule has 0 radical (unpaired) electrons. The highest BCUT2D eigenvalue weighted by Gasteiger charge is 2.19. The maximum atomic E-state index is 13.8. The summed E-state index contributed by atoms with van der Waals surface area (Å²) in [5.74, 6) is -2.66. The van der Waals surface area contributed by atoms with Crippen LogP contribution < -0.4 is 5.32 Å². The van der Waals surface area contributed by atoms with Gasteiger partial charge >= 0.3 is 0 Å². The van der Waals surface area contributed by atoms with Gasteiger partial charge in [-0.2, -0.15) is 5.10 Å². The minimum atomic E-state index is -0.910. The molecule has 1 N–H and O–H groups in total. The van der Waals surface area contributed by atoms with Crippen LogP contribution in [-0.4, -0.2) is 20.7 Å². The number of hydrogen-bond acceptors (Lipinski definition) is 5. The van der Waals surface area contributed by atoms with Crippen LogP contribution in [-0.2, 0) is 0 Å². The molecule has 4 rings (SSSR count). The first-order chi connectivity index (χ1) is 13.6. The van der Waals surface area contributed by atoms with Crippen molar-refractivity contribution < 1.29 is 13.6 Å². The molecular weight excluding hydrogens is 402 g/mol. The highest BCUT2D eigenvalue weighted by Crippen LogP contribution is 2.34. The normalized spacial score (nSPS) is 10.8. The van der Waals surface area contributed by atoms with E-state index in [1.807, 2.05) is 11.4 Å². The van der Waals surface area contributed by atoms with Crippen molar-refractivity contribution in [3.8, 4) is 21.3 Å². The van der Waals surface area contributed by atoms with E-state index in [9.17, 15) is 13.6 Å². The molecule has 0 atom stereocenters. The fourth-order valence-electron chi connectivity index (χ4n) is 2.60. The zero-order valence-electron chi connectivity index (χ0n) is 14.2. The molecular formula is C19H12F2N4OS2. The summed E-state index contributed by atoms with van der Waals surface area (Å²) in [5.41, 5.74) is 0.861. The minimum Gasteiger partial charge on any atom is -0.313 e. The second kappa shape index (κ2) is 7.45. The average Bonchev–Trinajstić information content (AvgIpc) is 3.41. The predicted octanol–water partition coefficient (Wildman–Crippen LogP) is 5.37. The molecule has 1 aromatic carbocycles. The summed E-state index contributed by atoms with van der Waals surface area (Å²) < 4.78 is 29.2. The lowest BCUT2D eigenvalue weighted by molar-refractivity contribution is 0.101. The van der Waals surface area contributed by atoms with Gasteiger partial charge in [0.15, 0.2) is 0 Å². The van der Waals surface area contributed by atoms with Gasteiger partial charge in [-0.1, -0.05) is 12.6 Å². The van der Waals surface area contributed by atoms with E-state index in [2.05, 4.69) is 22.0 Å². The molecule has 0 aliphatic carbocycles. The van der Waals surface area contributed by atoms with Crippen molar-refractivity contribution in [3.05, 3.63) is 71.8 Å². The first-order valence-corrected chi connectivity index (χ1v) is 9.74. The topological polar surface area (TPSA) is 59.8 Å². The maximum Gasteiger partial charge on any atom is 0.262 e. The highest BCUT2D eigenvalue weighted by molar-refractivity contribution is 7.19. The first kappa shape index (κ1) is 18.2. The Kier molecular flexibility index (Phi) is 4.84. The van der Waals surface area contributed by atoms with Crippen molar-refractivity contribution in [2.24, 2.45) is 0 Å². The summed E-state index contributed by atoms with van der Waals surface area (Å²) in [7, 11) is 0. The molecule has 140 valence electrons. The van der Waals surface area contributed by atoms with Gasteiger partial charge in [-0.15, -0.1) is 22.7 Å². The summed E-state index contributed by atoms with van der Waals surface area (Å²) in [4.78, 5) is 17.3. The monoisotopic (exact) mass is 414 g/mol. The van der Waals surface area contributed by atoms with E-state index in [-0.39, 0.29) is 0 Å². The van der Waals surface area contributed by atoms with Gasteiger partial charge < -0.3 is 5.32 Å². The van der Waals surface area contributed by atoms with Crippen LogP contribution in [0.5, 0.6) is 0 Å². The van der Waals surface area contributed by atoms with Crippen molar-refractivity contribution in [1.82, 2.24) is 14.8 Å². The minimum absolute atomic E-state index is 0.454. The SMILES string of the molecule is C=Cn1nc(-c2nccs2)cc1-c1ccc(NC(=O)c2c(F)cccc2F)s1. The number of nitrogens with zero attached hydrogens (tertiary/aromatic N) is 3. The molecule has 0 saturated carbocycles. The lowest BCUT2D eigenvalue weighted by atomic mass is 10.2. The summed E-state index contributed by atoms with van der Waals surface area (Å²) in [6.07, 6.45) is 3.27. The fraction of sp³-hybridized carbons (Fsp3) is 0. The fourth-order valence-corrected chi connectivity index (χ4v) is 4.11. The third-order valence-electron chi connectivity index (χ3n) is 3.85. The van der Waals surface area contributed by atoms with E-state index in [1.54, 1.807) is 29.2 Å². The molecule has 3 heterocycles. The van der Waals surface area contributed by atoms with Crippen molar-refractivity contribution >= 4 is 39.8 Å². The predicted molar refractivity (Wildman–Crippen MR) is 107 cm³/mol. The summed E-state index contributed by atoms with van der Waals surface area (Å²) in [6, 6.07) is 8.62. The number of carbonyl (C=O) groups excluding carboxylic acids is 1. The van der Waals surface area contributed by atoms with Crippen molar-refractivity contribution in [2.45, 2.75) is 0 Å². The Balaban J connectivity index is 1.62. The summed E-state index contributed by atoms with van der Waals surface area (Å²) >= 11 is 2.73. The number of rotatable bonds is 5. The van der Waals surface area contributed by atoms with E-state index >= 15 is 0 Å². The first-order valence-electron chi connectivity index (χ1n) is 8.04. The highest BCUT2D eigenvalue weighted by atomic mass is 32.1. The molecule has 5 nitrogen and oxygen atoms in total. The number of carbonyl (C=O) groups is 1. The van der Waals surface area contributed by atoms with Crippen molar-refractivity contribution in [2.75, 3.05) is 5.32 Å². The maximum absolute atomic E-state index is 13.8. The van der Waals surface area contributed by atoms with Crippen LogP contribution >= 0.6 is 22.7 Å². The third kappa shape index (κ3) is 3.37. The second-order valence-electron chi connectivity index (χ2n) is 5.59. The van der Waals surface area contributed by atoms with Gasteiger partial charge in [0, 0.05) is 17.8 Å². The van der Waals surface area contributed by atoms with Gasteiger partial charge in [-0.05, 0) is 30.3 Å². The summed E-state index contributed by atoms with van der Waals surface area (Å²) in [6.45, 7) is 3.76.